The number of aliphatic hydroxyl groups excluding tert-OH is 1. The van der Waals surface area contributed by atoms with E-state index in [0.717, 1.165) is 17.0 Å². The number of aliphatic hydroxyl groups is 1. The zero-order chi connectivity index (χ0) is 23.3. The molecule has 0 atom stereocenters. The molecule has 32 heavy (non-hydrogen) atoms. The number of likely N-dealkylation sites (N-methyl/N-ethyl adjacent to an activating group) is 1. The summed E-state index contributed by atoms with van der Waals surface area (Å²) in [6.07, 6.45) is 1.76. The van der Waals surface area contributed by atoms with Gasteiger partial charge in [0.2, 0.25) is 0 Å². The molecule has 0 saturated carbocycles. The molecule has 9 heteroatoms. The lowest BCUT2D eigenvalue weighted by Crippen LogP contribution is -2.29. The van der Waals surface area contributed by atoms with Crippen molar-refractivity contribution in [2.75, 3.05) is 38.4 Å². The minimum Gasteiger partial charge on any atom is -0.494 e. The lowest BCUT2D eigenvalue weighted by Gasteiger charge is -2.19. The van der Waals surface area contributed by atoms with Gasteiger partial charge in [0, 0.05) is 17.2 Å². The Balaban J connectivity index is 2.04. The van der Waals surface area contributed by atoms with Gasteiger partial charge in [0.1, 0.15) is 18.1 Å². The van der Waals surface area contributed by atoms with E-state index in [4.69, 9.17) is 31.5 Å². The second kappa shape index (κ2) is 10.8. The maximum absolute atomic E-state index is 13.0. The molecule has 2 aromatic rings. The largest absolute Gasteiger partial charge is 0.494 e. The molecule has 0 radical (unpaired) electrons. The molecule has 2 aromatic carbocycles. The van der Waals surface area contributed by atoms with Crippen molar-refractivity contribution in [3.8, 4) is 17.2 Å². The molecular weight excluding hydrogens is 496 g/mol. The number of rotatable bonds is 9. The monoisotopic (exact) mass is 520 g/mol. The summed E-state index contributed by atoms with van der Waals surface area (Å²) in [5.74, 6) is 1.55. The number of hydrogen-bond acceptors (Lipinski definition) is 6. The minimum atomic E-state index is -0.214. The van der Waals surface area contributed by atoms with Gasteiger partial charge in [-0.3, -0.25) is 14.6 Å². The quantitative estimate of drug-likeness (QED) is 0.392. The molecule has 0 bridgehead atoms. The predicted molar refractivity (Wildman–Crippen MR) is 131 cm³/mol. The number of anilines is 1. The number of nitrogens with zero attached hydrogens (tertiary/aromatic N) is 2. The second-order valence-corrected chi connectivity index (χ2v) is 7.98. The lowest BCUT2D eigenvalue weighted by molar-refractivity contribution is -0.121. The summed E-state index contributed by atoms with van der Waals surface area (Å²) in [6, 6.07) is 11.0. The van der Waals surface area contributed by atoms with Crippen molar-refractivity contribution in [3.05, 3.63) is 52.1 Å². The number of ether oxygens (including phenoxy) is 3. The summed E-state index contributed by atoms with van der Waals surface area (Å²) in [4.78, 5) is 16.2. The first kappa shape index (κ1) is 24.0. The van der Waals surface area contributed by atoms with Gasteiger partial charge >= 0.3 is 0 Å². The summed E-state index contributed by atoms with van der Waals surface area (Å²) < 4.78 is 17.5. The van der Waals surface area contributed by atoms with Gasteiger partial charge in [-0.2, -0.15) is 0 Å². The van der Waals surface area contributed by atoms with Gasteiger partial charge in [0.25, 0.3) is 5.91 Å². The van der Waals surface area contributed by atoms with Gasteiger partial charge in [-0.05, 0) is 74.1 Å². The summed E-state index contributed by atoms with van der Waals surface area (Å²) in [5.41, 5.74) is 1.89. The van der Waals surface area contributed by atoms with Crippen molar-refractivity contribution >= 4 is 50.9 Å². The van der Waals surface area contributed by atoms with Crippen LogP contribution in [-0.4, -0.2) is 54.5 Å². The Morgan fingerprint density at radius 3 is 2.34 bits per heavy atom. The molecule has 1 aliphatic rings. The van der Waals surface area contributed by atoms with Crippen LogP contribution in [-0.2, 0) is 4.79 Å². The first-order chi connectivity index (χ1) is 15.4. The van der Waals surface area contributed by atoms with Crippen LogP contribution in [0.5, 0.6) is 17.2 Å². The van der Waals surface area contributed by atoms with Crippen molar-refractivity contribution in [1.29, 1.82) is 0 Å². The highest BCUT2D eigenvalue weighted by molar-refractivity contribution is 9.10. The summed E-state index contributed by atoms with van der Waals surface area (Å²) in [6.45, 7) is 4.85. The Morgan fingerprint density at radius 1 is 1.06 bits per heavy atom. The van der Waals surface area contributed by atoms with E-state index in [1.165, 1.54) is 4.90 Å². The number of carbonyl (C=O) groups is 1. The van der Waals surface area contributed by atoms with Crippen LogP contribution in [0.2, 0.25) is 0 Å². The molecule has 1 saturated heterocycles. The molecule has 1 heterocycles. The Labute approximate surface area is 201 Å². The van der Waals surface area contributed by atoms with Crippen LogP contribution in [0.1, 0.15) is 19.4 Å². The van der Waals surface area contributed by atoms with Crippen LogP contribution in [0.4, 0.5) is 5.69 Å². The fourth-order valence-corrected chi connectivity index (χ4v) is 3.91. The number of carbonyl (C=O) groups excluding carboxylic acids is 1. The third-order valence-corrected chi connectivity index (χ3v) is 5.80. The van der Waals surface area contributed by atoms with E-state index in [1.807, 2.05) is 38.1 Å². The maximum atomic E-state index is 13.0. The zero-order valence-electron chi connectivity index (χ0n) is 18.1. The van der Waals surface area contributed by atoms with Gasteiger partial charge in [-0.1, -0.05) is 15.9 Å². The van der Waals surface area contributed by atoms with Crippen molar-refractivity contribution < 1.29 is 24.1 Å². The van der Waals surface area contributed by atoms with E-state index in [-0.39, 0.29) is 19.1 Å². The Morgan fingerprint density at radius 2 is 1.72 bits per heavy atom. The van der Waals surface area contributed by atoms with E-state index >= 15 is 0 Å². The molecular formula is C23H25BrN2O5S. The highest BCUT2D eigenvalue weighted by atomic mass is 79.9. The number of halogens is 1. The predicted octanol–water partition coefficient (Wildman–Crippen LogP) is 4.22. The van der Waals surface area contributed by atoms with Crippen LogP contribution < -0.4 is 19.1 Å². The standard InChI is InChI=1S/C23H25BrN2O5S/c1-4-29-17-8-6-16(7-9-17)26-19(22(28)25(3)23(26)32)12-15-13-20(30-5-2)21(14-18(15)24)31-11-10-27/h6-9,12-14,27H,4-5,10-11H2,1-3H3/b19-12+. The topological polar surface area (TPSA) is 71.5 Å². The van der Waals surface area contributed by atoms with E-state index in [0.29, 0.717) is 40.0 Å². The summed E-state index contributed by atoms with van der Waals surface area (Å²) in [5, 5.41) is 9.45. The van der Waals surface area contributed by atoms with Gasteiger partial charge in [-0.25, -0.2) is 0 Å². The van der Waals surface area contributed by atoms with E-state index < -0.39 is 0 Å². The number of thiocarbonyl (C=S) groups is 1. The van der Waals surface area contributed by atoms with Gasteiger partial charge in [0.15, 0.2) is 16.6 Å². The average molecular weight is 521 g/mol. The van der Waals surface area contributed by atoms with Crippen LogP contribution in [0.25, 0.3) is 6.08 Å². The fourth-order valence-electron chi connectivity index (χ4n) is 3.19. The number of amides is 1. The summed E-state index contributed by atoms with van der Waals surface area (Å²) >= 11 is 9.10. The Hall–Kier alpha value is -2.62. The van der Waals surface area contributed by atoms with E-state index in [9.17, 15) is 4.79 Å². The first-order valence-corrected chi connectivity index (χ1v) is 11.4. The molecule has 0 spiro atoms. The van der Waals surface area contributed by atoms with E-state index in [2.05, 4.69) is 15.9 Å². The van der Waals surface area contributed by atoms with Crippen molar-refractivity contribution in [2.24, 2.45) is 0 Å². The van der Waals surface area contributed by atoms with Crippen molar-refractivity contribution in [1.82, 2.24) is 4.90 Å². The Kier molecular flexibility index (Phi) is 8.11. The van der Waals surface area contributed by atoms with Crippen LogP contribution in [0, 0.1) is 0 Å². The zero-order valence-corrected chi connectivity index (χ0v) is 20.5. The smallest absolute Gasteiger partial charge is 0.276 e. The minimum absolute atomic E-state index is 0.107. The van der Waals surface area contributed by atoms with Gasteiger partial charge in [0.05, 0.1) is 19.8 Å². The molecule has 1 amide bonds. The third kappa shape index (κ3) is 5.06. The highest BCUT2D eigenvalue weighted by Gasteiger charge is 2.36. The lowest BCUT2D eigenvalue weighted by atomic mass is 10.1. The molecule has 3 rings (SSSR count). The molecule has 170 valence electrons. The maximum Gasteiger partial charge on any atom is 0.276 e. The van der Waals surface area contributed by atoms with Crippen molar-refractivity contribution in [3.63, 3.8) is 0 Å². The first-order valence-electron chi connectivity index (χ1n) is 10.2. The number of benzene rings is 2. The molecule has 7 nitrogen and oxygen atoms in total. The van der Waals surface area contributed by atoms with Crippen LogP contribution in [0.3, 0.4) is 0 Å². The molecule has 0 aromatic heterocycles. The SMILES string of the molecule is CCOc1ccc(N2C(=S)N(C)C(=O)/C2=C\c2cc(OCC)c(OCCO)cc2Br)cc1. The normalized spacial score (nSPS) is 15.0. The van der Waals surface area contributed by atoms with Gasteiger partial charge in [-0.15, -0.1) is 0 Å². The Bertz CT molecular complexity index is 1030. The molecule has 1 aliphatic heterocycles. The average Bonchev–Trinajstić information content (AvgIpc) is 2.99. The van der Waals surface area contributed by atoms with Crippen molar-refractivity contribution in [2.45, 2.75) is 13.8 Å². The fraction of sp³-hybridized carbons (Fsp3) is 0.304. The van der Waals surface area contributed by atoms with Crippen LogP contribution in [0.15, 0.2) is 46.6 Å². The number of hydrogen-bond donors (Lipinski definition) is 1. The van der Waals surface area contributed by atoms with Crippen LogP contribution >= 0.6 is 28.1 Å². The molecule has 1 fully saturated rings. The highest BCUT2D eigenvalue weighted by Crippen LogP contribution is 2.37. The van der Waals surface area contributed by atoms with E-state index in [1.54, 1.807) is 30.2 Å². The van der Waals surface area contributed by atoms with Gasteiger partial charge < -0.3 is 19.3 Å². The molecule has 0 aliphatic carbocycles. The molecule has 0 unspecified atom stereocenters. The third-order valence-electron chi connectivity index (χ3n) is 4.65. The molecule has 1 N–H and O–H groups in total. The summed E-state index contributed by atoms with van der Waals surface area (Å²) in [7, 11) is 1.65. The second-order valence-electron chi connectivity index (χ2n) is 6.76.